The number of carbonyl (C=O) groups excluding carboxylic acids is 1. The second-order valence-corrected chi connectivity index (χ2v) is 5.73. The van der Waals surface area contributed by atoms with Crippen LogP contribution in [0.15, 0.2) is 34.8 Å². The van der Waals surface area contributed by atoms with E-state index >= 15 is 0 Å². The Morgan fingerprint density at radius 2 is 2.05 bits per heavy atom. The Hall–Kier alpha value is -2.10. The van der Waals surface area contributed by atoms with Crippen molar-refractivity contribution >= 4 is 23.1 Å². The van der Waals surface area contributed by atoms with E-state index in [4.69, 9.17) is 4.42 Å². The van der Waals surface area contributed by atoms with E-state index in [1.165, 1.54) is 6.08 Å². The topological polar surface area (TPSA) is 55.1 Å². The highest BCUT2D eigenvalue weighted by Crippen LogP contribution is 2.15. The Balaban J connectivity index is 1.89. The minimum Gasteiger partial charge on any atom is -0.437 e. The van der Waals surface area contributed by atoms with Crippen LogP contribution in [0.5, 0.6) is 0 Å². The van der Waals surface area contributed by atoms with Crippen LogP contribution in [0.3, 0.4) is 0 Å². The zero-order chi connectivity index (χ0) is 15.2. The molecule has 4 heteroatoms. The molecule has 0 fully saturated rings. The molecule has 21 heavy (non-hydrogen) atoms. The number of hydrogen-bond acceptors (Lipinski definition) is 3. The van der Waals surface area contributed by atoms with Gasteiger partial charge in [-0.15, -0.1) is 0 Å². The summed E-state index contributed by atoms with van der Waals surface area (Å²) in [5.41, 5.74) is 1.52. The third-order valence-corrected chi connectivity index (χ3v) is 3.25. The molecular formula is C17H22N2O2. The van der Waals surface area contributed by atoms with Gasteiger partial charge in [-0.1, -0.05) is 26.0 Å². The molecule has 0 aliphatic rings. The largest absolute Gasteiger partial charge is 0.437 e. The molecular weight excluding hydrogens is 264 g/mol. The number of aromatic nitrogens is 1. The zero-order valence-corrected chi connectivity index (χ0v) is 12.8. The van der Waals surface area contributed by atoms with Crippen molar-refractivity contribution in [2.75, 3.05) is 0 Å². The summed E-state index contributed by atoms with van der Waals surface area (Å²) in [4.78, 5) is 16.1. The molecule has 0 radical (unpaired) electrons. The van der Waals surface area contributed by atoms with E-state index in [0.29, 0.717) is 11.8 Å². The zero-order valence-electron chi connectivity index (χ0n) is 12.8. The van der Waals surface area contributed by atoms with Crippen molar-refractivity contribution in [2.24, 2.45) is 5.92 Å². The molecule has 0 bridgehead atoms. The van der Waals surface area contributed by atoms with Crippen molar-refractivity contribution in [3.63, 3.8) is 0 Å². The first-order chi connectivity index (χ1) is 10.0. The van der Waals surface area contributed by atoms with Gasteiger partial charge in [0.15, 0.2) is 5.58 Å². The number of nitrogens with zero attached hydrogens (tertiary/aromatic N) is 1. The molecule has 2 rings (SSSR count). The number of carbonyl (C=O) groups is 1. The second-order valence-electron chi connectivity index (χ2n) is 5.73. The molecule has 0 aliphatic carbocycles. The van der Waals surface area contributed by atoms with Gasteiger partial charge in [-0.2, -0.15) is 0 Å². The minimum absolute atomic E-state index is 0.117. The van der Waals surface area contributed by atoms with Crippen molar-refractivity contribution in [1.29, 1.82) is 0 Å². The van der Waals surface area contributed by atoms with Gasteiger partial charge in [-0.3, -0.25) is 4.79 Å². The van der Waals surface area contributed by atoms with E-state index in [1.807, 2.05) is 31.2 Å². The minimum atomic E-state index is -0.117. The fourth-order valence-corrected chi connectivity index (χ4v) is 2.05. The predicted molar refractivity (Wildman–Crippen MR) is 84.7 cm³/mol. The summed E-state index contributed by atoms with van der Waals surface area (Å²) >= 11 is 0. The average molecular weight is 286 g/mol. The van der Waals surface area contributed by atoms with Gasteiger partial charge in [0, 0.05) is 18.2 Å². The molecule has 1 aromatic carbocycles. The number of para-hydroxylation sites is 2. The van der Waals surface area contributed by atoms with E-state index in [0.717, 1.165) is 23.9 Å². The van der Waals surface area contributed by atoms with E-state index < -0.39 is 0 Å². The first-order valence-electron chi connectivity index (χ1n) is 7.38. The summed E-state index contributed by atoms with van der Waals surface area (Å²) in [6, 6.07) is 7.71. The Kier molecular flexibility index (Phi) is 5.14. The Bertz CT molecular complexity index is 596. The molecule has 1 atom stereocenters. The smallest absolute Gasteiger partial charge is 0.244 e. The lowest BCUT2D eigenvalue weighted by atomic mass is 10.0. The lowest BCUT2D eigenvalue weighted by Crippen LogP contribution is -2.31. The number of amides is 1. The number of fused-ring (bicyclic) bond motifs is 1. The molecule has 1 N–H and O–H groups in total. The van der Waals surface area contributed by atoms with Crippen LogP contribution in [0.2, 0.25) is 0 Å². The van der Waals surface area contributed by atoms with Gasteiger partial charge in [0.25, 0.3) is 0 Å². The Labute approximate surface area is 125 Å². The quantitative estimate of drug-likeness (QED) is 0.822. The van der Waals surface area contributed by atoms with Crippen LogP contribution in [0.1, 0.15) is 39.5 Å². The molecule has 1 amide bonds. The number of benzene rings is 1. The highest BCUT2D eigenvalue weighted by Gasteiger charge is 2.06. The third kappa shape index (κ3) is 4.74. The van der Waals surface area contributed by atoms with E-state index in [2.05, 4.69) is 24.1 Å². The summed E-state index contributed by atoms with van der Waals surface area (Å²) in [7, 11) is 0. The molecule has 1 heterocycles. The van der Waals surface area contributed by atoms with E-state index in [1.54, 1.807) is 6.08 Å². The number of nitrogens with one attached hydrogen (secondary N) is 1. The lowest BCUT2D eigenvalue weighted by molar-refractivity contribution is -0.117. The van der Waals surface area contributed by atoms with Gasteiger partial charge in [0.1, 0.15) is 5.52 Å². The van der Waals surface area contributed by atoms with E-state index in [9.17, 15) is 4.79 Å². The summed E-state index contributed by atoms with van der Waals surface area (Å²) < 4.78 is 5.52. The summed E-state index contributed by atoms with van der Waals surface area (Å²) in [5.74, 6) is 0.981. The third-order valence-electron chi connectivity index (χ3n) is 3.25. The highest BCUT2D eigenvalue weighted by molar-refractivity contribution is 5.91. The van der Waals surface area contributed by atoms with Gasteiger partial charge in [-0.05, 0) is 37.8 Å². The maximum atomic E-state index is 11.8. The molecule has 2 aromatic rings. The van der Waals surface area contributed by atoms with Crippen LogP contribution in [0.25, 0.3) is 17.2 Å². The highest BCUT2D eigenvalue weighted by atomic mass is 16.3. The Morgan fingerprint density at radius 3 is 2.76 bits per heavy atom. The molecule has 0 saturated heterocycles. The van der Waals surface area contributed by atoms with Crippen LogP contribution < -0.4 is 5.32 Å². The normalized spacial score (nSPS) is 13.1. The molecule has 0 saturated carbocycles. The van der Waals surface area contributed by atoms with Crippen molar-refractivity contribution in [2.45, 2.75) is 39.7 Å². The van der Waals surface area contributed by atoms with Gasteiger partial charge in [-0.25, -0.2) is 4.98 Å². The monoisotopic (exact) mass is 286 g/mol. The Morgan fingerprint density at radius 1 is 1.29 bits per heavy atom. The summed E-state index contributed by atoms with van der Waals surface area (Å²) in [6.07, 6.45) is 5.16. The average Bonchev–Trinajstić information content (AvgIpc) is 2.86. The SMILES string of the molecule is CC(C)CCC(C)NC(=O)/C=C/c1nc2ccccc2o1. The van der Waals surface area contributed by atoms with Crippen LogP contribution in [0, 0.1) is 5.92 Å². The standard InChI is InChI=1S/C17H22N2O2/c1-12(2)8-9-13(3)18-16(20)10-11-17-19-14-6-4-5-7-15(14)21-17/h4-7,10-13H,8-9H2,1-3H3,(H,18,20)/b11-10+. The first-order valence-corrected chi connectivity index (χ1v) is 7.38. The number of oxazole rings is 1. The first kappa shape index (κ1) is 15.3. The fourth-order valence-electron chi connectivity index (χ4n) is 2.05. The van der Waals surface area contributed by atoms with Crippen LogP contribution in [0.4, 0.5) is 0 Å². The van der Waals surface area contributed by atoms with Gasteiger partial charge >= 0.3 is 0 Å². The second kappa shape index (κ2) is 7.07. The van der Waals surface area contributed by atoms with E-state index in [-0.39, 0.29) is 11.9 Å². The van der Waals surface area contributed by atoms with Crippen LogP contribution in [-0.4, -0.2) is 16.9 Å². The van der Waals surface area contributed by atoms with Gasteiger partial charge in [0.2, 0.25) is 11.8 Å². The van der Waals surface area contributed by atoms with Crippen LogP contribution in [-0.2, 0) is 4.79 Å². The van der Waals surface area contributed by atoms with Gasteiger partial charge < -0.3 is 9.73 Å². The molecule has 1 aromatic heterocycles. The van der Waals surface area contributed by atoms with Gasteiger partial charge in [0.05, 0.1) is 0 Å². The molecule has 0 aliphatic heterocycles. The number of hydrogen-bond donors (Lipinski definition) is 1. The lowest BCUT2D eigenvalue weighted by Gasteiger charge is -2.13. The number of rotatable bonds is 6. The molecule has 1 unspecified atom stereocenters. The molecule has 0 spiro atoms. The van der Waals surface area contributed by atoms with Crippen LogP contribution >= 0.6 is 0 Å². The maximum Gasteiger partial charge on any atom is 0.244 e. The summed E-state index contributed by atoms with van der Waals surface area (Å²) in [5, 5.41) is 2.94. The van der Waals surface area contributed by atoms with Crippen molar-refractivity contribution in [3.05, 3.63) is 36.2 Å². The maximum absolute atomic E-state index is 11.8. The summed E-state index contributed by atoms with van der Waals surface area (Å²) in [6.45, 7) is 6.39. The molecule has 112 valence electrons. The fraction of sp³-hybridized carbons (Fsp3) is 0.412. The predicted octanol–water partition coefficient (Wildman–Crippen LogP) is 3.78. The van der Waals surface area contributed by atoms with Crippen molar-refractivity contribution < 1.29 is 9.21 Å². The van der Waals surface area contributed by atoms with Crippen molar-refractivity contribution in [3.8, 4) is 0 Å². The van der Waals surface area contributed by atoms with Crippen molar-refractivity contribution in [1.82, 2.24) is 10.3 Å². The molecule has 4 nitrogen and oxygen atoms in total.